The zero-order chi connectivity index (χ0) is 16.4. The van der Waals surface area contributed by atoms with Crippen LogP contribution in [0.15, 0.2) is 53.5 Å². The molecule has 0 radical (unpaired) electrons. The van der Waals surface area contributed by atoms with Gasteiger partial charge in [-0.2, -0.15) is 5.10 Å². The van der Waals surface area contributed by atoms with Crippen molar-refractivity contribution in [2.75, 3.05) is 5.32 Å². The third-order valence-corrected chi connectivity index (χ3v) is 4.45. The summed E-state index contributed by atoms with van der Waals surface area (Å²) >= 11 is 0. The van der Waals surface area contributed by atoms with Gasteiger partial charge in [0, 0.05) is 17.2 Å². The van der Waals surface area contributed by atoms with Gasteiger partial charge in [0.15, 0.2) is 12.2 Å². The highest BCUT2D eigenvalue weighted by molar-refractivity contribution is 6.04. The maximum atomic E-state index is 12.5. The minimum atomic E-state index is -0.140. The maximum absolute atomic E-state index is 12.5. The Hall–Kier alpha value is -2.89. The van der Waals surface area contributed by atoms with Gasteiger partial charge in [-0.1, -0.05) is 25.0 Å². The molecule has 0 spiro atoms. The minimum Gasteiger partial charge on any atom is -0.444 e. The predicted octanol–water partition coefficient (Wildman–Crippen LogP) is 3.91. The highest BCUT2D eigenvalue weighted by atomic mass is 16.3. The van der Waals surface area contributed by atoms with Gasteiger partial charge in [-0.3, -0.25) is 4.79 Å². The molecule has 1 amide bonds. The molecule has 1 N–H and O–H groups in total. The van der Waals surface area contributed by atoms with Crippen molar-refractivity contribution >= 4 is 11.7 Å². The average molecular weight is 322 g/mol. The lowest BCUT2D eigenvalue weighted by Crippen LogP contribution is -2.17. The van der Waals surface area contributed by atoms with Crippen molar-refractivity contribution in [3.8, 4) is 11.3 Å². The maximum Gasteiger partial charge on any atom is 0.256 e. The van der Waals surface area contributed by atoms with Crippen molar-refractivity contribution in [3.63, 3.8) is 0 Å². The molecule has 1 aliphatic carbocycles. The van der Waals surface area contributed by atoms with E-state index in [1.807, 2.05) is 22.9 Å². The van der Waals surface area contributed by atoms with E-state index in [0.717, 1.165) is 24.2 Å². The monoisotopic (exact) mass is 322 g/mol. The zero-order valence-corrected chi connectivity index (χ0v) is 13.2. The summed E-state index contributed by atoms with van der Waals surface area (Å²) in [6.45, 7) is 0. The number of hydrogen-bond acceptors (Lipinski definition) is 4. The van der Waals surface area contributed by atoms with Gasteiger partial charge >= 0.3 is 0 Å². The van der Waals surface area contributed by atoms with Crippen molar-refractivity contribution in [2.45, 2.75) is 31.7 Å². The number of nitrogens with one attached hydrogen (secondary N) is 1. The summed E-state index contributed by atoms with van der Waals surface area (Å²) in [5.41, 5.74) is 1.48. The molecule has 1 saturated carbocycles. The summed E-state index contributed by atoms with van der Waals surface area (Å²) in [5.74, 6) is 1.30. The molecule has 0 saturated heterocycles. The first-order valence-electron chi connectivity index (χ1n) is 8.15. The van der Waals surface area contributed by atoms with Crippen LogP contribution in [0.2, 0.25) is 0 Å². The molecule has 0 atom stereocenters. The zero-order valence-electron chi connectivity index (χ0n) is 13.2. The number of carbonyl (C=O) groups is 1. The van der Waals surface area contributed by atoms with E-state index in [1.165, 1.54) is 19.2 Å². The van der Waals surface area contributed by atoms with Crippen molar-refractivity contribution in [1.82, 2.24) is 14.8 Å². The van der Waals surface area contributed by atoms with Crippen LogP contribution in [0.3, 0.4) is 0 Å². The molecular weight excluding hydrogens is 304 g/mol. The van der Waals surface area contributed by atoms with E-state index in [1.54, 1.807) is 24.5 Å². The first-order chi connectivity index (χ1) is 11.8. The third-order valence-electron chi connectivity index (χ3n) is 4.45. The van der Waals surface area contributed by atoms with Crippen LogP contribution in [0.5, 0.6) is 0 Å². The quantitative estimate of drug-likeness (QED) is 0.790. The lowest BCUT2D eigenvalue weighted by Gasteiger charge is -2.14. The molecule has 4 rings (SSSR count). The van der Waals surface area contributed by atoms with E-state index < -0.39 is 0 Å². The number of rotatable bonds is 4. The van der Waals surface area contributed by atoms with E-state index in [0.29, 0.717) is 17.4 Å². The second kappa shape index (κ2) is 6.31. The average Bonchev–Trinajstić information content (AvgIpc) is 3.36. The van der Waals surface area contributed by atoms with Crippen molar-refractivity contribution in [3.05, 3.63) is 54.7 Å². The van der Waals surface area contributed by atoms with Crippen LogP contribution < -0.4 is 5.32 Å². The molecule has 0 unspecified atom stereocenters. The molecule has 1 aromatic carbocycles. The van der Waals surface area contributed by atoms with E-state index >= 15 is 0 Å². The van der Waals surface area contributed by atoms with Gasteiger partial charge in [0.05, 0.1) is 18.4 Å². The van der Waals surface area contributed by atoms with Crippen LogP contribution in [-0.4, -0.2) is 20.7 Å². The Bertz CT molecular complexity index is 815. The smallest absolute Gasteiger partial charge is 0.256 e. The van der Waals surface area contributed by atoms with Gasteiger partial charge in [-0.05, 0) is 25.0 Å². The Morgan fingerprint density at radius 2 is 1.96 bits per heavy atom. The highest BCUT2D eigenvalue weighted by Crippen LogP contribution is 2.31. The number of nitrogens with zero attached hydrogens (tertiary/aromatic N) is 3. The Morgan fingerprint density at radius 1 is 1.17 bits per heavy atom. The topological polar surface area (TPSA) is 73.0 Å². The molecule has 2 aromatic heterocycles. The summed E-state index contributed by atoms with van der Waals surface area (Å²) < 4.78 is 7.19. The fourth-order valence-corrected chi connectivity index (χ4v) is 3.19. The van der Waals surface area contributed by atoms with Crippen LogP contribution in [0.25, 0.3) is 11.3 Å². The lowest BCUT2D eigenvalue weighted by atomic mass is 10.1. The number of oxazole rings is 1. The van der Waals surface area contributed by atoms with Crippen LogP contribution in [-0.2, 0) is 0 Å². The number of hydrogen-bond donors (Lipinski definition) is 1. The summed E-state index contributed by atoms with van der Waals surface area (Å²) in [4.78, 5) is 16.4. The second-order valence-corrected chi connectivity index (χ2v) is 6.00. The van der Waals surface area contributed by atoms with Crippen LogP contribution in [0.1, 0.15) is 42.1 Å². The van der Waals surface area contributed by atoms with E-state index in [9.17, 15) is 4.79 Å². The van der Waals surface area contributed by atoms with Crippen LogP contribution >= 0.6 is 0 Å². The number of carbonyl (C=O) groups excluding carboxylic acids is 1. The molecular formula is C18H18N4O2. The largest absolute Gasteiger partial charge is 0.444 e. The molecule has 122 valence electrons. The van der Waals surface area contributed by atoms with Crippen LogP contribution in [0, 0.1) is 0 Å². The standard InChI is InChI=1S/C18H18N4O2/c23-18(14-7-5-13(6-8-14)16-11-19-12-24-16)21-17-9-10-20-22(17)15-3-1-2-4-15/h5-12,15H,1-4H2,(H,21,23). The number of amides is 1. The summed E-state index contributed by atoms with van der Waals surface area (Å²) in [7, 11) is 0. The molecule has 0 aliphatic heterocycles. The fourth-order valence-electron chi connectivity index (χ4n) is 3.19. The number of benzene rings is 1. The summed E-state index contributed by atoms with van der Waals surface area (Å²) in [5, 5.41) is 7.34. The molecule has 1 fully saturated rings. The first kappa shape index (κ1) is 14.7. The van der Waals surface area contributed by atoms with Gasteiger partial charge in [0.25, 0.3) is 5.91 Å². The molecule has 24 heavy (non-hydrogen) atoms. The Balaban J connectivity index is 1.49. The predicted molar refractivity (Wildman–Crippen MR) is 89.6 cm³/mol. The number of aromatic nitrogens is 3. The van der Waals surface area contributed by atoms with Gasteiger partial charge in [-0.25, -0.2) is 9.67 Å². The summed E-state index contributed by atoms with van der Waals surface area (Å²) in [6.07, 6.45) is 9.46. The SMILES string of the molecule is O=C(Nc1ccnn1C1CCCC1)c1ccc(-c2cnco2)cc1. The molecule has 1 aliphatic rings. The highest BCUT2D eigenvalue weighted by Gasteiger charge is 2.20. The van der Waals surface area contributed by atoms with Crippen LogP contribution in [0.4, 0.5) is 5.82 Å². The van der Waals surface area contributed by atoms with Gasteiger partial charge in [0.1, 0.15) is 5.82 Å². The van der Waals surface area contributed by atoms with E-state index in [4.69, 9.17) is 4.42 Å². The molecule has 6 nitrogen and oxygen atoms in total. The molecule has 0 bridgehead atoms. The van der Waals surface area contributed by atoms with Gasteiger partial charge < -0.3 is 9.73 Å². The fraction of sp³-hybridized carbons (Fsp3) is 0.278. The van der Waals surface area contributed by atoms with Gasteiger partial charge in [0.2, 0.25) is 0 Å². The molecule has 6 heteroatoms. The van der Waals surface area contributed by atoms with Crippen molar-refractivity contribution < 1.29 is 9.21 Å². The Labute approximate surface area is 139 Å². The first-order valence-corrected chi connectivity index (χ1v) is 8.15. The normalized spacial score (nSPS) is 14.8. The van der Waals surface area contributed by atoms with Gasteiger partial charge in [-0.15, -0.1) is 0 Å². The van der Waals surface area contributed by atoms with E-state index in [2.05, 4.69) is 15.4 Å². The molecule has 3 aromatic rings. The Morgan fingerprint density at radius 3 is 2.67 bits per heavy atom. The van der Waals surface area contributed by atoms with Crippen molar-refractivity contribution in [1.29, 1.82) is 0 Å². The Kier molecular flexibility index (Phi) is 3.86. The van der Waals surface area contributed by atoms with Crippen molar-refractivity contribution in [2.24, 2.45) is 0 Å². The van der Waals surface area contributed by atoms with E-state index in [-0.39, 0.29) is 5.91 Å². The lowest BCUT2D eigenvalue weighted by molar-refractivity contribution is 0.102. The third kappa shape index (κ3) is 2.82. The molecule has 2 heterocycles. The minimum absolute atomic E-state index is 0.140. The second-order valence-electron chi connectivity index (χ2n) is 6.00. The summed E-state index contributed by atoms with van der Waals surface area (Å²) in [6, 6.07) is 9.50. The number of anilines is 1.